The van der Waals surface area contributed by atoms with Crippen LogP contribution in [0.15, 0.2) is 3.96 Å². The molecule has 0 saturated carbocycles. The van der Waals surface area contributed by atoms with Gasteiger partial charge in [0.05, 0.1) is 0 Å². The number of hydrogen-bond acceptors (Lipinski definition) is 2. The first-order chi connectivity index (χ1) is 2.91. The molecule has 0 spiro atoms. The van der Waals surface area contributed by atoms with E-state index in [1.807, 2.05) is 0 Å². The first-order valence-electron chi connectivity index (χ1n) is 1.88. The summed E-state index contributed by atoms with van der Waals surface area (Å²) < 4.78 is 3.60. The Morgan fingerprint density at radius 2 is 2.33 bits per heavy atom. The second kappa shape index (κ2) is 5.28. The summed E-state index contributed by atoms with van der Waals surface area (Å²) in [6.45, 7) is 1.52. The molecule has 0 aliphatic carbocycles. The molecule has 0 aromatic rings. The Balaban J connectivity index is 2.49. The van der Waals surface area contributed by atoms with Crippen LogP contribution in [0.1, 0.15) is 6.42 Å². The fraction of sp³-hybridized carbons (Fsp3) is 1.00. The summed E-state index contributed by atoms with van der Waals surface area (Å²) in [4.78, 5) is 0. The van der Waals surface area contributed by atoms with Gasteiger partial charge in [-0.15, -0.1) is 0 Å². The van der Waals surface area contributed by atoms with Gasteiger partial charge in [0.1, 0.15) is 0 Å². The van der Waals surface area contributed by atoms with E-state index >= 15 is 0 Å². The van der Waals surface area contributed by atoms with Crippen molar-refractivity contribution in [3.63, 3.8) is 0 Å². The van der Waals surface area contributed by atoms with Crippen LogP contribution in [0, 0.1) is 0 Å². The van der Waals surface area contributed by atoms with E-state index in [4.69, 9.17) is 5.73 Å². The molecular formula is C3H8FeN2+. The normalized spacial score (nSPS) is 8.17. The molecule has 0 radical (unpaired) electrons. The van der Waals surface area contributed by atoms with E-state index < -0.39 is 0 Å². The Bertz CT molecular complexity index is 37.8. The minimum atomic E-state index is 0.721. The summed E-state index contributed by atoms with van der Waals surface area (Å²) in [5.41, 5.74) is 5.13. The molecule has 0 saturated heterocycles. The van der Waals surface area contributed by atoms with E-state index in [0.717, 1.165) is 19.5 Å². The van der Waals surface area contributed by atoms with Crippen LogP contribution in [0.2, 0.25) is 0 Å². The van der Waals surface area contributed by atoms with Crippen molar-refractivity contribution in [1.82, 2.24) is 0 Å². The van der Waals surface area contributed by atoms with Crippen molar-refractivity contribution in [3.8, 4) is 0 Å². The van der Waals surface area contributed by atoms with Crippen molar-refractivity contribution in [2.45, 2.75) is 6.42 Å². The molecule has 0 aliphatic heterocycles. The zero-order valence-electron chi connectivity index (χ0n) is 3.50. The molecule has 0 rings (SSSR count). The fourth-order valence-electron chi connectivity index (χ4n) is 0.147. The van der Waals surface area contributed by atoms with Gasteiger partial charge in [0.25, 0.3) is 0 Å². The van der Waals surface area contributed by atoms with Crippen LogP contribution >= 0.6 is 0 Å². The molecular weight excluding hydrogens is 120 g/mol. The molecule has 6 heavy (non-hydrogen) atoms. The van der Waals surface area contributed by atoms with Crippen molar-refractivity contribution in [2.24, 2.45) is 9.70 Å². The van der Waals surface area contributed by atoms with Gasteiger partial charge < -0.3 is 0 Å². The number of nitrogens with two attached hydrogens (primary N) is 1. The molecule has 0 amide bonds. The standard InChI is InChI=1S/C3H8N2.Fe/c4-2-1-3-5;/h1-4H2;/q;+1. The average Bonchev–Trinajstić information content (AvgIpc) is 1.61. The maximum absolute atomic E-state index is 5.13. The van der Waals surface area contributed by atoms with Crippen LogP contribution in [-0.2, 0) is 15.8 Å². The van der Waals surface area contributed by atoms with Gasteiger partial charge in [0, 0.05) is 0 Å². The summed E-state index contributed by atoms with van der Waals surface area (Å²) in [5.74, 6) is 0. The fourth-order valence-corrected chi connectivity index (χ4v) is 0.322. The summed E-state index contributed by atoms with van der Waals surface area (Å²) in [6, 6.07) is 0. The van der Waals surface area contributed by atoms with E-state index in [1.54, 1.807) is 0 Å². The quantitative estimate of drug-likeness (QED) is 0.423. The Morgan fingerprint density at radius 3 is 2.50 bits per heavy atom. The second-order valence-corrected chi connectivity index (χ2v) is 1.33. The Kier molecular flexibility index (Phi) is 5.53. The van der Waals surface area contributed by atoms with Gasteiger partial charge in [-0.1, -0.05) is 0 Å². The molecule has 0 aromatic heterocycles. The molecule has 2 N–H and O–H groups in total. The van der Waals surface area contributed by atoms with E-state index in [0.29, 0.717) is 0 Å². The van der Waals surface area contributed by atoms with Crippen molar-refractivity contribution in [2.75, 3.05) is 13.1 Å². The third-order valence-electron chi connectivity index (χ3n) is 0.441. The van der Waals surface area contributed by atoms with Gasteiger partial charge in [0.2, 0.25) is 0 Å². The van der Waals surface area contributed by atoms with Crippen molar-refractivity contribution in [3.05, 3.63) is 0 Å². The zero-order valence-corrected chi connectivity index (χ0v) is 4.60. The molecule has 0 bridgehead atoms. The van der Waals surface area contributed by atoms with Gasteiger partial charge in [-0.2, -0.15) is 0 Å². The molecule has 0 unspecified atom stereocenters. The molecule has 0 heterocycles. The van der Waals surface area contributed by atoms with E-state index in [1.165, 1.54) is 0 Å². The van der Waals surface area contributed by atoms with Gasteiger partial charge in [-0.25, -0.2) is 0 Å². The predicted molar refractivity (Wildman–Crippen MR) is 21.0 cm³/mol. The van der Waals surface area contributed by atoms with Crippen LogP contribution in [0.5, 0.6) is 0 Å². The number of rotatable bonds is 3. The molecule has 2 nitrogen and oxygen atoms in total. The van der Waals surface area contributed by atoms with Crippen LogP contribution in [0.4, 0.5) is 0 Å². The Hall–Kier alpha value is 0.279. The number of nitrogens with zero attached hydrogens (tertiary/aromatic N) is 1. The molecule has 0 atom stereocenters. The molecule has 0 aliphatic rings. The van der Waals surface area contributed by atoms with Gasteiger partial charge in [-0.05, 0) is 0 Å². The monoisotopic (exact) mass is 128 g/mol. The summed E-state index contributed by atoms with van der Waals surface area (Å²) >= 11 is 3.29. The van der Waals surface area contributed by atoms with Gasteiger partial charge >= 0.3 is 45.0 Å². The first kappa shape index (κ1) is 6.28. The Morgan fingerprint density at radius 1 is 1.67 bits per heavy atom. The summed E-state index contributed by atoms with van der Waals surface area (Å²) in [6.07, 6.45) is 0.962. The minimum absolute atomic E-state index is 0.721. The SMILES string of the molecule is NCCC[N]=[Fe+]. The van der Waals surface area contributed by atoms with E-state index in [2.05, 4.69) is 19.8 Å². The van der Waals surface area contributed by atoms with E-state index in [9.17, 15) is 0 Å². The van der Waals surface area contributed by atoms with E-state index in [-0.39, 0.29) is 0 Å². The first-order valence-corrected chi connectivity index (χ1v) is 2.38. The summed E-state index contributed by atoms with van der Waals surface area (Å²) in [5, 5.41) is 0. The average molecular weight is 128 g/mol. The van der Waals surface area contributed by atoms with Crippen molar-refractivity contribution in [1.29, 1.82) is 0 Å². The van der Waals surface area contributed by atoms with Crippen molar-refractivity contribution >= 4 is 0 Å². The maximum atomic E-state index is 5.13. The van der Waals surface area contributed by atoms with Crippen LogP contribution in [-0.4, -0.2) is 13.1 Å². The molecule has 0 fully saturated rings. The third-order valence-corrected chi connectivity index (χ3v) is 0.688. The Labute approximate surface area is 45.7 Å². The van der Waals surface area contributed by atoms with Crippen LogP contribution < -0.4 is 5.73 Å². The second-order valence-electron chi connectivity index (χ2n) is 0.978. The molecule has 0 aromatic carbocycles. The summed E-state index contributed by atoms with van der Waals surface area (Å²) in [7, 11) is 0. The molecule has 3 heteroatoms. The third kappa shape index (κ3) is 4.28. The van der Waals surface area contributed by atoms with Crippen molar-refractivity contribution < 1.29 is 15.8 Å². The zero-order chi connectivity index (χ0) is 4.83. The van der Waals surface area contributed by atoms with Gasteiger partial charge in [-0.3, -0.25) is 0 Å². The van der Waals surface area contributed by atoms with Crippen LogP contribution in [0.25, 0.3) is 0 Å². The predicted octanol–water partition coefficient (Wildman–Crippen LogP) is 0.0656. The molecule has 37 valence electrons. The van der Waals surface area contributed by atoms with Crippen LogP contribution in [0.3, 0.4) is 0 Å². The topological polar surface area (TPSA) is 38.4 Å². The van der Waals surface area contributed by atoms with Gasteiger partial charge in [0.15, 0.2) is 0 Å². The number of hydrogen-bond donors (Lipinski definition) is 1.